The van der Waals surface area contributed by atoms with E-state index in [9.17, 15) is 0 Å². The molecule has 0 aliphatic heterocycles. The summed E-state index contributed by atoms with van der Waals surface area (Å²) in [4.78, 5) is 0. The number of hydrogen-bond acceptors (Lipinski definition) is 2. The van der Waals surface area contributed by atoms with Crippen LogP contribution in [0, 0.1) is 18.3 Å². The number of halogens is 1. The van der Waals surface area contributed by atoms with Gasteiger partial charge in [0.25, 0.3) is 0 Å². The van der Waals surface area contributed by atoms with Crippen LogP contribution in [0.1, 0.15) is 11.1 Å². The standard InChI is InChI=1S/C10H10BrNO/c1-7-8(3-4-12)5-9(13-2)6-10(7)11/h5-6H,3H2,1-2H3. The van der Waals surface area contributed by atoms with Crippen molar-refractivity contribution in [3.05, 3.63) is 27.7 Å². The molecule has 0 saturated carbocycles. The van der Waals surface area contributed by atoms with E-state index in [1.807, 2.05) is 19.1 Å². The maximum Gasteiger partial charge on any atom is 0.120 e. The van der Waals surface area contributed by atoms with Crippen LogP contribution < -0.4 is 4.74 Å². The Labute approximate surface area is 86.3 Å². The van der Waals surface area contributed by atoms with Crippen LogP contribution in [0.15, 0.2) is 16.6 Å². The third kappa shape index (κ3) is 2.22. The van der Waals surface area contributed by atoms with E-state index >= 15 is 0 Å². The molecular formula is C10H10BrNO. The lowest BCUT2D eigenvalue weighted by Gasteiger charge is -2.07. The zero-order valence-electron chi connectivity index (χ0n) is 7.60. The van der Waals surface area contributed by atoms with Gasteiger partial charge >= 0.3 is 0 Å². The summed E-state index contributed by atoms with van der Waals surface area (Å²) < 4.78 is 6.08. The first-order valence-corrected chi connectivity index (χ1v) is 4.68. The van der Waals surface area contributed by atoms with Gasteiger partial charge in [0.1, 0.15) is 5.75 Å². The predicted molar refractivity (Wildman–Crippen MR) is 54.7 cm³/mol. The third-order valence-corrected chi connectivity index (χ3v) is 2.75. The van der Waals surface area contributed by atoms with Crippen LogP contribution in [0.4, 0.5) is 0 Å². The molecule has 3 heteroatoms. The molecule has 0 aromatic heterocycles. The summed E-state index contributed by atoms with van der Waals surface area (Å²) in [6, 6.07) is 5.92. The molecule has 68 valence electrons. The van der Waals surface area contributed by atoms with Gasteiger partial charge in [-0.2, -0.15) is 5.26 Å². The number of hydrogen-bond donors (Lipinski definition) is 0. The number of benzene rings is 1. The third-order valence-electron chi connectivity index (χ3n) is 1.93. The topological polar surface area (TPSA) is 33.0 Å². The average molecular weight is 240 g/mol. The van der Waals surface area contributed by atoms with E-state index in [-0.39, 0.29) is 0 Å². The van der Waals surface area contributed by atoms with Crippen molar-refractivity contribution in [3.63, 3.8) is 0 Å². The average Bonchev–Trinajstić information content (AvgIpc) is 2.13. The summed E-state index contributed by atoms with van der Waals surface area (Å²) >= 11 is 3.42. The highest BCUT2D eigenvalue weighted by Crippen LogP contribution is 2.26. The molecule has 0 radical (unpaired) electrons. The quantitative estimate of drug-likeness (QED) is 0.796. The summed E-state index contributed by atoms with van der Waals surface area (Å²) in [5.74, 6) is 0.780. The molecule has 0 fully saturated rings. The lowest BCUT2D eigenvalue weighted by atomic mass is 10.1. The number of nitrogens with zero attached hydrogens (tertiary/aromatic N) is 1. The van der Waals surface area contributed by atoms with Crippen LogP contribution in [0.5, 0.6) is 5.75 Å². The Morgan fingerprint density at radius 3 is 2.77 bits per heavy atom. The highest BCUT2D eigenvalue weighted by molar-refractivity contribution is 9.10. The summed E-state index contributed by atoms with van der Waals surface area (Å²) in [6.45, 7) is 1.98. The second-order valence-corrected chi connectivity index (χ2v) is 3.58. The van der Waals surface area contributed by atoms with Crippen LogP contribution >= 0.6 is 15.9 Å². The molecule has 1 rings (SSSR count). The molecule has 1 aromatic carbocycles. The van der Waals surface area contributed by atoms with E-state index in [1.165, 1.54) is 0 Å². The van der Waals surface area contributed by atoms with Crippen molar-refractivity contribution in [2.24, 2.45) is 0 Å². The van der Waals surface area contributed by atoms with E-state index in [4.69, 9.17) is 10.00 Å². The fraction of sp³-hybridized carbons (Fsp3) is 0.300. The molecule has 0 heterocycles. The van der Waals surface area contributed by atoms with E-state index in [0.29, 0.717) is 6.42 Å². The number of nitriles is 1. The molecule has 0 unspecified atom stereocenters. The molecule has 0 aliphatic carbocycles. The summed E-state index contributed by atoms with van der Waals surface area (Å²) in [7, 11) is 1.62. The number of ether oxygens (including phenoxy) is 1. The molecule has 0 saturated heterocycles. The first-order valence-electron chi connectivity index (χ1n) is 3.89. The highest BCUT2D eigenvalue weighted by atomic mass is 79.9. The first-order chi connectivity index (χ1) is 6.19. The highest BCUT2D eigenvalue weighted by Gasteiger charge is 2.04. The van der Waals surface area contributed by atoms with Gasteiger partial charge in [0.05, 0.1) is 19.6 Å². The van der Waals surface area contributed by atoms with E-state index in [2.05, 4.69) is 22.0 Å². The Balaban J connectivity index is 3.18. The van der Waals surface area contributed by atoms with Gasteiger partial charge in [0.2, 0.25) is 0 Å². The summed E-state index contributed by atoms with van der Waals surface area (Å²) in [5, 5.41) is 8.59. The number of rotatable bonds is 2. The number of methoxy groups -OCH3 is 1. The van der Waals surface area contributed by atoms with Gasteiger partial charge in [-0.3, -0.25) is 0 Å². The van der Waals surface area contributed by atoms with Crippen LogP contribution in [-0.4, -0.2) is 7.11 Å². The zero-order valence-corrected chi connectivity index (χ0v) is 9.18. The van der Waals surface area contributed by atoms with Gasteiger partial charge in [-0.1, -0.05) is 15.9 Å². The molecule has 0 amide bonds. The van der Waals surface area contributed by atoms with Crippen LogP contribution in [0.3, 0.4) is 0 Å². The molecule has 1 aromatic rings. The smallest absolute Gasteiger partial charge is 0.120 e. The second kappa shape index (κ2) is 4.29. The van der Waals surface area contributed by atoms with Crippen LogP contribution in [0.25, 0.3) is 0 Å². The predicted octanol–water partition coefficient (Wildman–Crippen LogP) is 2.83. The van der Waals surface area contributed by atoms with Crippen molar-refractivity contribution in [1.82, 2.24) is 0 Å². The molecule has 0 aliphatic rings. The van der Waals surface area contributed by atoms with E-state index in [1.54, 1.807) is 7.11 Å². The monoisotopic (exact) mass is 239 g/mol. The Kier molecular flexibility index (Phi) is 3.32. The molecule has 0 atom stereocenters. The summed E-state index contributed by atoms with van der Waals surface area (Å²) in [5.41, 5.74) is 2.11. The Morgan fingerprint density at radius 2 is 2.23 bits per heavy atom. The minimum atomic E-state index is 0.418. The fourth-order valence-corrected chi connectivity index (χ4v) is 1.58. The van der Waals surface area contributed by atoms with Crippen LogP contribution in [-0.2, 0) is 6.42 Å². The van der Waals surface area contributed by atoms with Crippen molar-refractivity contribution in [2.75, 3.05) is 7.11 Å². The van der Waals surface area contributed by atoms with Crippen molar-refractivity contribution in [2.45, 2.75) is 13.3 Å². The zero-order chi connectivity index (χ0) is 9.84. The summed E-state index contributed by atoms with van der Waals surface area (Å²) in [6.07, 6.45) is 0.418. The molecule has 13 heavy (non-hydrogen) atoms. The molecule has 2 nitrogen and oxygen atoms in total. The Morgan fingerprint density at radius 1 is 1.54 bits per heavy atom. The molecule has 0 bridgehead atoms. The van der Waals surface area contributed by atoms with Crippen molar-refractivity contribution in [3.8, 4) is 11.8 Å². The SMILES string of the molecule is COc1cc(Br)c(C)c(CC#N)c1. The van der Waals surface area contributed by atoms with Gasteiger partial charge < -0.3 is 4.74 Å². The van der Waals surface area contributed by atoms with Gasteiger partial charge in [-0.15, -0.1) is 0 Å². The van der Waals surface area contributed by atoms with Crippen molar-refractivity contribution < 1.29 is 4.74 Å². The lowest BCUT2D eigenvalue weighted by molar-refractivity contribution is 0.414. The van der Waals surface area contributed by atoms with Gasteiger partial charge in [0.15, 0.2) is 0 Å². The second-order valence-electron chi connectivity index (χ2n) is 2.73. The molecular weight excluding hydrogens is 230 g/mol. The maximum atomic E-state index is 8.59. The van der Waals surface area contributed by atoms with E-state index in [0.717, 1.165) is 21.3 Å². The molecule has 0 N–H and O–H groups in total. The Hall–Kier alpha value is -1.01. The van der Waals surface area contributed by atoms with Crippen molar-refractivity contribution >= 4 is 15.9 Å². The largest absolute Gasteiger partial charge is 0.497 e. The minimum Gasteiger partial charge on any atom is -0.497 e. The maximum absolute atomic E-state index is 8.59. The molecule has 0 spiro atoms. The Bertz CT molecular complexity index is 355. The van der Waals surface area contributed by atoms with E-state index < -0.39 is 0 Å². The van der Waals surface area contributed by atoms with Gasteiger partial charge in [-0.25, -0.2) is 0 Å². The lowest BCUT2D eigenvalue weighted by Crippen LogP contribution is -1.91. The van der Waals surface area contributed by atoms with Crippen LogP contribution in [0.2, 0.25) is 0 Å². The van der Waals surface area contributed by atoms with Gasteiger partial charge in [0, 0.05) is 4.47 Å². The minimum absolute atomic E-state index is 0.418. The first kappa shape index (κ1) is 10.1. The van der Waals surface area contributed by atoms with Gasteiger partial charge in [-0.05, 0) is 30.2 Å². The normalized spacial score (nSPS) is 9.38. The van der Waals surface area contributed by atoms with Crippen molar-refractivity contribution in [1.29, 1.82) is 5.26 Å². The fourth-order valence-electron chi connectivity index (χ4n) is 1.09.